The molecule has 1 aliphatic rings. The summed E-state index contributed by atoms with van der Waals surface area (Å²) >= 11 is 3.32. The maximum absolute atomic E-state index is 12.6. The Bertz CT molecular complexity index is 654. The average molecular weight is 377 g/mol. The smallest absolute Gasteiger partial charge is 0.184 e. The predicted molar refractivity (Wildman–Crippen MR) is 83.0 cm³/mol. The SMILES string of the molecule is COc1ccc(C(=O)C2CCCCS2(=O)=O)c(OC)c1Br. The molecule has 0 saturated carbocycles. The minimum Gasteiger partial charge on any atom is -0.495 e. The van der Waals surface area contributed by atoms with Crippen molar-refractivity contribution in [2.45, 2.75) is 24.5 Å². The summed E-state index contributed by atoms with van der Waals surface area (Å²) < 4.78 is 35.1. The summed E-state index contributed by atoms with van der Waals surface area (Å²) in [6.07, 6.45) is 1.73. The van der Waals surface area contributed by atoms with Gasteiger partial charge in [0.1, 0.15) is 21.2 Å². The number of benzene rings is 1. The van der Waals surface area contributed by atoms with Gasteiger partial charge in [-0.2, -0.15) is 0 Å². The van der Waals surface area contributed by atoms with Crippen LogP contribution in [0.25, 0.3) is 0 Å². The third kappa shape index (κ3) is 3.08. The fourth-order valence-corrected chi connectivity index (χ4v) is 5.05. The summed E-state index contributed by atoms with van der Waals surface area (Å²) in [5.41, 5.74) is 0.264. The van der Waals surface area contributed by atoms with Gasteiger partial charge in [0.15, 0.2) is 15.6 Å². The van der Waals surface area contributed by atoms with E-state index >= 15 is 0 Å². The second-order valence-corrected chi connectivity index (χ2v) is 7.97. The van der Waals surface area contributed by atoms with E-state index < -0.39 is 20.9 Å². The van der Waals surface area contributed by atoms with Crippen LogP contribution < -0.4 is 9.47 Å². The number of sulfone groups is 1. The number of methoxy groups -OCH3 is 2. The maximum atomic E-state index is 12.6. The molecule has 1 aromatic rings. The molecule has 21 heavy (non-hydrogen) atoms. The second-order valence-electron chi connectivity index (χ2n) is 4.88. The van der Waals surface area contributed by atoms with Crippen LogP contribution in [0.15, 0.2) is 16.6 Å². The first kappa shape index (κ1) is 16.3. The first-order valence-corrected chi connectivity index (χ1v) is 9.09. The highest BCUT2D eigenvalue weighted by molar-refractivity contribution is 9.10. The van der Waals surface area contributed by atoms with E-state index in [0.29, 0.717) is 28.8 Å². The molecule has 0 N–H and O–H groups in total. The van der Waals surface area contributed by atoms with Gasteiger partial charge in [-0.15, -0.1) is 0 Å². The quantitative estimate of drug-likeness (QED) is 0.755. The molecule has 1 fully saturated rings. The molecule has 0 amide bonds. The van der Waals surface area contributed by atoms with Crippen molar-refractivity contribution in [3.63, 3.8) is 0 Å². The van der Waals surface area contributed by atoms with Crippen LogP contribution in [-0.2, 0) is 9.84 Å². The molecule has 116 valence electrons. The van der Waals surface area contributed by atoms with Crippen molar-refractivity contribution in [2.75, 3.05) is 20.0 Å². The van der Waals surface area contributed by atoms with E-state index in [4.69, 9.17) is 9.47 Å². The number of ether oxygens (including phenoxy) is 2. The minimum absolute atomic E-state index is 0.0725. The third-order valence-corrected chi connectivity index (χ3v) is 6.55. The van der Waals surface area contributed by atoms with Crippen molar-refractivity contribution in [3.8, 4) is 11.5 Å². The second kappa shape index (κ2) is 6.36. The Kier molecular flexibility index (Phi) is 4.93. The first-order chi connectivity index (χ1) is 9.92. The zero-order valence-electron chi connectivity index (χ0n) is 11.9. The Morgan fingerprint density at radius 1 is 1.24 bits per heavy atom. The van der Waals surface area contributed by atoms with Gasteiger partial charge in [0.25, 0.3) is 0 Å². The molecule has 0 spiro atoms. The van der Waals surface area contributed by atoms with Gasteiger partial charge in [0, 0.05) is 0 Å². The summed E-state index contributed by atoms with van der Waals surface area (Å²) in [6, 6.07) is 3.17. The number of halogens is 1. The molecule has 0 radical (unpaired) electrons. The molecule has 7 heteroatoms. The molecule has 1 aromatic carbocycles. The number of ketones is 1. The van der Waals surface area contributed by atoms with Crippen molar-refractivity contribution in [1.29, 1.82) is 0 Å². The highest BCUT2D eigenvalue weighted by atomic mass is 79.9. The lowest BCUT2D eigenvalue weighted by molar-refractivity contribution is 0.0978. The highest BCUT2D eigenvalue weighted by Gasteiger charge is 2.37. The Morgan fingerprint density at radius 2 is 1.95 bits per heavy atom. The predicted octanol–water partition coefficient (Wildman–Crippen LogP) is 2.62. The van der Waals surface area contributed by atoms with Gasteiger partial charge in [-0.05, 0) is 40.9 Å². The van der Waals surface area contributed by atoms with Crippen LogP contribution in [0.5, 0.6) is 11.5 Å². The fourth-order valence-electron chi connectivity index (χ4n) is 2.51. The molecular weight excluding hydrogens is 360 g/mol. The number of hydrogen-bond donors (Lipinski definition) is 0. The number of carbonyl (C=O) groups excluding carboxylic acids is 1. The molecule has 1 atom stereocenters. The van der Waals surface area contributed by atoms with Crippen molar-refractivity contribution in [1.82, 2.24) is 0 Å². The molecule has 1 aliphatic heterocycles. The van der Waals surface area contributed by atoms with Gasteiger partial charge in [0.05, 0.1) is 25.5 Å². The van der Waals surface area contributed by atoms with E-state index in [1.54, 1.807) is 12.1 Å². The molecule has 1 saturated heterocycles. The topological polar surface area (TPSA) is 69.7 Å². The largest absolute Gasteiger partial charge is 0.495 e. The zero-order valence-corrected chi connectivity index (χ0v) is 14.3. The number of rotatable bonds is 4. The summed E-state index contributed by atoms with van der Waals surface area (Å²) in [5, 5.41) is -0.972. The Balaban J connectivity index is 2.46. The van der Waals surface area contributed by atoms with Gasteiger partial charge in [-0.3, -0.25) is 4.79 Å². The van der Waals surface area contributed by atoms with E-state index in [1.165, 1.54) is 14.2 Å². The van der Waals surface area contributed by atoms with Crippen LogP contribution in [0, 0.1) is 0 Å². The van der Waals surface area contributed by atoms with Gasteiger partial charge in [-0.1, -0.05) is 6.42 Å². The lowest BCUT2D eigenvalue weighted by atomic mass is 10.0. The van der Waals surface area contributed by atoms with E-state index in [-0.39, 0.29) is 11.3 Å². The average Bonchev–Trinajstić information content (AvgIpc) is 2.45. The lowest BCUT2D eigenvalue weighted by Crippen LogP contribution is -2.35. The number of Topliss-reactive ketones (excluding diaryl/α,β-unsaturated/α-hetero) is 1. The molecule has 0 bridgehead atoms. The Hall–Kier alpha value is -1.08. The van der Waals surface area contributed by atoms with E-state index in [2.05, 4.69) is 15.9 Å². The molecular formula is C14H17BrO5S. The highest BCUT2D eigenvalue weighted by Crippen LogP contribution is 2.38. The van der Waals surface area contributed by atoms with Gasteiger partial charge in [0.2, 0.25) is 0 Å². The van der Waals surface area contributed by atoms with Crippen molar-refractivity contribution < 1.29 is 22.7 Å². The first-order valence-electron chi connectivity index (χ1n) is 6.58. The van der Waals surface area contributed by atoms with Crippen LogP contribution in [-0.4, -0.2) is 39.4 Å². The normalized spacial score (nSPS) is 20.8. The van der Waals surface area contributed by atoms with Crippen LogP contribution in [0.4, 0.5) is 0 Å². The van der Waals surface area contributed by atoms with Crippen molar-refractivity contribution >= 4 is 31.6 Å². The van der Waals surface area contributed by atoms with Gasteiger partial charge < -0.3 is 9.47 Å². The molecule has 5 nitrogen and oxygen atoms in total. The summed E-state index contributed by atoms with van der Waals surface area (Å²) in [7, 11) is -0.433. The Morgan fingerprint density at radius 3 is 2.52 bits per heavy atom. The standard InChI is InChI=1S/C14H17BrO5S/c1-19-10-7-6-9(14(20-2)12(10)15)13(16)11-5-3-4-8-21(11,17)18/h6-7,11H,3-5,8H2,1-2H3. The van der Waals surface area contributed by atoms with Crippen LogP contribution >= 0.6 is 15.9 Å². The maximum Gasteiger partial charge on any atom is 0.184 e. The number of carbonyl (C=O) groups is 1. The monoisotopic (exact) mass is 376 g/mol. The van der Waals surface area contributed by atoms with E-state index in [9.17, 15) is 13.2 Å². The molecule has 0 aliphatic carbocycles. The van der Waals surface area contributed by atoms with Crippen LogP contribution in [0.1, 0.15) is 29.6 Å². The van der Waals surface area contributed by atoms with Crippen LogP contribution in [0.2, 0.25) is 0 Å². The molecule has 0 aromatic heterocycles. The Labute approximate surface area is 132 Å². The van der Waals surface area contributed by atoms with Crippen molar-refractivity contribution in [3.05, 3.63) is 22.2 Å². The summed E-state index contributed by atoms with van der Waals surface area (Å²) in [5.74, 6) is 0.494. The van der Waals surface area contributed by atoms with E-state index in [1.807, 2.05) is 0 Å². The zero-order chi connectivity index (χ0) is 15.6. The van der Waals surface area contributed by atoms with Crippen LogP contribution in [0.3, 0.4) is 0 Å². The molecule has 1 heterocycles. The summed E-state index contributed by atoms with van der Waals surface area (Å²) in [6.45, 7) is 0. The minimum atomic E-state index is -3.38. The van der Waals surface area contributed by atoms with Gasteiger partial charge >= 0.3 is 0 Å². The molecule has 1 unspecified atom stereocenters. The van der Waals surface area contributed by atoms with E-state index in [0.717, 1.165) is 6.42 Å². The lowest BCUT2D eigenvalue weighted by Gasteiger charge is -2.22. The van der Waals surface area contributed by atoms with Gasteiger partial charge in [-0.25, -0.2) is 8.42 Å². The summed E-state index contributed by atoms with van der Waals surface area (Å²) in [4.78, 5) is 12.6. The van der Waals surface area contributed by atoms with Crippen molar-refractivity contribution in [2.24, 2.45) is 0 Å². The number of hydrogen-bond acceptors (Lipinski definition) is 5. The third-order valence-electron chi connectivity index (χ3n) is 3.62. The fraction of sp³-hybridized carbons (Fsp3) is 0.500. The molecule has 2 rings (SSSR count).